The number of nitrogens with zero attached hydrogens (tertiary/aromatic N) is 3. The number of rotatable bonds is 13. The maximum absolute atomic E-state index is 13.8. The monoisotopic (exact) mass is 679 g/mol. The van der Waals surface area contributed by atoms with Crippen LogP contribution in [0.4, 0.5) is 27.5 Å². The van der Waals surface area contributed by atoms with Crippen molar-refractivity contribution >= 4 is 52.5 Å². The second-order valence-corrected chi connectivity index (χ2v) is 11.4. The van der Waals surface area contributed by atoms with Crippen LogP contribution in [0.2, 0.25) is 0 Å². The summed E-state index contributed by atoms with van der Waals surface area (Å²) in [5, 5.41) is 5.21. The van der Waals surface area contributed by atoms with E-state index in [1.165, 1.54) is 21.8 Å². The Morgan fingerprint density at radius 2 is 1.40 bits per heavy atom. The Labute approximate surface area is 291 Å². The van der Waals surface area contributed by atoms with Crippen molar-refractivity contribution < 1.29 is 33.4 Å². The van der Waals surface area contributed by atoms with E-state index in [1.54, 1.807) is 93.8 Å². The maximum atomic E-state index is 13.8. The van der Waals surface area contributed by atoms with Crippen LogP contribution < -0.4 is 30.1 Å². The van der Waals surface area contributed by atoms with E-state index in [-0.39, 0.29) is 24.0 Å². The van der Waals surface area contributed by atoms with Crippen LogP contribution in [-0.4, -0.2) is 70.6 Å². The van der Waals surface area contributed by atoms with Crippen molar-refractivity contribution in [1.29, 1.82) is 0 Å². The fourth-order valence-corrected chi connectivity index (χ4v) is 5.08. The first-order chi connectivity index (χ1) is 24.0. The molecule has 4 aromatic carbocycles. The SMILES string of the molecule is COC(=O)C(C)c1cccc(NC(=O)NCC(=O)N(CC(=O)N(C)c2ccccc2)c2ccccc2OCC(=O)N(C)c2ccccc2C)c1. The number of methoxy groups -OCH3 is 1. The Hall–Kier alpha value is -6.17. The van der Waals surface area contributed by atoms with Crippen molar-refractivity contribution in [1.82, 2.24) is 5.32 Å². The molecular weight excluding hydrogens is 638 g/mol. The van der Waals surface area contributed by atoms with Gasteiger partial charge >= 0.3 is 12.0 Å². The van der Waals surface area contributed by atoms with Gasteiger partial charge in [-0.15, -0.1) is 0 Å². The van der Waals surface area contributed by atoms with Crippen LogP contribution in [0.25, 0.3) is 0 Å². The molecule has 12 heteroatoms. The van der Waals surface area contributed by atoms with E-state index in [4.69, 9.17) is 9.47 Å². The molecule has 0 saturated heterocycles. The summed E-state index contributed by atoms with van der Waals surface area (Å²) in [6.07, 6.45) is 0. The lowest BCUT2D eigenvalue weighted by Crippen LogP contribution is -2.46. The lowest BCUT2D eigenvalue weighted by Gasteiger charge is -2.27. The zero-order valence-electron chi connectivity index (χ0n) is 28.7. The van der Waals surface area contributed by atoms with E-state index in [2.05, 4.69) is 10.6 Å². The number of anilines is 4. The standard InChI is InChI=1S/C38H41N5O7/c1-26-14-9-10-19-31(26)42(4)36(46)25-50-33-21-12-11-20-32(33)43(24-35(45)41(3)30-17-7-6-8-18-30)34(44)23-39-38(48)40-29-16-13-15-28(22-29)27(2)37(47)49-5/h6-22,27H,23-25H2,1-5H3,(H2,39,40,48). The summed E-state index contributed by atoms with van der Waals surface area (Å²) in [6.45, 7) is 2.39. The highest BCUT2D eigenvalue weighted by molar-refractivity contribution is 6.06. The number of likely N-dealkylation sites (N-methyl/N-ethyl adjacent to an activating group) is 2. The van der Waals surface area contributed by atoms with Crippen molar-refractivity contribution in [3.63, 3.8) is 0 Å². The first-order valence-electron chi connectivity index (χ1n) is 15.9. The van der Waals surface area contributed by atoms with Gasteiger partial charge in [0.1, 0.15) is 12.3 Å². The molecule has 1 unspecified atom stereocenters. The zero-order chi connectivity index (χ0) is 36.2. The highest BCUT2D eigenvalue weighted by atomic mass is 16.5. The van der Waals surface area contributed by atoms with Crippen molar-refractivity contribution in [3.05, 3.63) is 114 Å². The number of para-hydroxylation sites is 4. The molecule has 0 heterocycles. The van der Waals surface area contributed by atoms with Gasteiger partial charge in [0.2, 0.25) is 11.8 Å². The molecule has 0 spiro atoms. The van der Waals surface area contributed by atoms with Crippen LogP contribution in [-0.2, 0) is 23.9 Å². The van der Waals surface area contributed by atoms with Gasteiger partial charge in [-0.3, -0.25) is 24.1 Å². The normalized spacial score (nSPS) is 11.1. The molecule has 12 nitrogen and oxygen atoms in total. The molecule has 2 N–H and O–H groups in total. The lowest BCUT2D eigenvalue weighted by atomic mass is 10.0. The van der Waals surface area contributed by atoms with Gasteiger partial charge < -0.3 is 29.9 Å². The Balaban J connectivity index is 1.52. The number of esters is 1. The number of urea groups is 1. The lowest BCUT2D eigenvalue weighted by molar-refractivity contribution is -0.142. The number of benzene rings is 4. The van der Waals surface area contributed by atoms with Crippen LogP contribution in [0.1, 0.15) is 24.0 Å². The molecule has 260 valence electrons. The molecule has 0 saturated carbocycles. The number of ether oxygens (including phenoxy) is 2. The summed E-state index contributed by atoms with van der Waals surface area (Å²) in [5.41, 5.74) is 3.55. The largest absolute Gasteiger partial charge is 0.482 e. The highest BCUT2D eigenvalue weighted by Gasteiger charge is 2.26. The van der Waals surface area contributed by atoms with Crippen molar-refractivity contribution in [2.75, 3.05) is 60.9 Å². The summed E-state index contributed by atoms with van der Waals surface area (Å²) in [6, 6.07) is 29.0. The van der Waals surface area contributed by atoms with Crippen LogP contribution in [0, 0.1) is 6.92 Å². The fraction of sp³-hybridized carbons (Fsp3) is 0.237. The molecule has 0 aliphatic heterocycles. The topological polar surface area (TPSA) is 138 Å². The zero-order valence-corrected chi connectivity index (χ0v) is 28.7. The first-order valence-corrected chi connectivity index (χ1v) is 15.9. The first kappa shape index (κ1) is 36.7. The number of hydrogen-bond donors (Lipinski definition) is 2. The van der Waals surface area contributed by atoms with Crippen molar-refractivity contribution in [2.45, 2.75) is 19.8 Å². The third-order valence-electron chi connectivity index (χ3n) is 8.07. The molecule has 0 bridgehead atoms. The number of carbonyl (C=O) groups excluding carboxylic acids is 5. The van der Waals surface area contributed by atoms with E-state index in [9.17, 15) is 24.0 Å². The van der Waals surface area contributed by atoms with Gasteiger partial charge in [-0.25, -0.2) is 4.79 Å². The van der Waals surface area contributed by atoms with Crippen LogP contribution in [0.15, 0.2) is 103 Å². The Morgan fingerprint density at radius 1 is 0.740 bits per heavy atom. The number of nitrogens with one attached hydrogen (secondary N) is 2. The molecule has 1 atom stereocenters. The van der Waals surface area contributed by atoms with E-state index in [0.29, 0.717) is 16.9 Å². The number of amides is 5. The van der Waals surface area contributed by atoms with Crippen LogP contribution in [0.5, 0.6) is 5.75 Å². The van der Waals surface area contributed by atoms with Gasteiger partial charge in [-0.1, -0.05) is 60.7 Å². The molecule has 0 aliphatic carbocycles. The average Bonchev–Trinajstić information content (AvgIpc) is 3.14. The average molecular weight is 680 g/mol. The predicted molar refractivity (Wildman–Crippen MR) is 193 cm³/mol. The van der Waals surface area contributed by atoms with Gasteiger partial charge in [-0.05, 0) is 67.4 Å². The quantitative estimate of drug-likeness (QED) is 0.187. The molecule has 0 aromatic heterocycles. The Morgan fingerprint density at radius 3 is 2.10 bits per heavy atom. The number of carbonyl (C=O) groups is 5. The second kappa shape index (κ2) is 17.3. The van der Waals surface area contributed by atoms with Gasteiger partial charge in [0.25, 0.3) is 5.91 Å². The smallest absolute Gasteiger partial charge is 0.319 e. The second-order valence-electron chi connectivity index (χ2n) is 11.4. The summed E-state index contributed by atoms with van der Waals surface area (Å²) < 4.78 is 10.8. The minimum Gasteiger partial charge on any atom is -0.482 e. The fourth-order valence-electron chi connectivity index (χ4n) is 5.08. The molecule has 0 radical (unpaired) electrons. The van der Waals surface area contributed by atoms with Gasteiger partial charge in [0.05, 0.1) is 25.3 Å². The molecule has 4 aromatic rings. The van der Waals surface area contributed by atoms with E-state index >= 15 is 0 Å². The summed E-state index contributed by atoms with van der Waals surface area (Å²) >= 11 is 0. The molecular formula is C38H41N5O7. The third kappa shape index (κ3) is 9.47. The maximum Gasteiger partial charge on any atom is 0.319 e. The molecule has 0 fully saturated rings. The summed E-state index contributed by atoms with van der Waals surface area (Å²) in [4.78, 5) is 69.4. The molecule has 50 heavy (non-hydrogen) atoms. The van der Waals surface area contributed by atoms with Crippen LogP contribution >= 0.6 is 0 Å². The van der Waals surface area contributed by atoms with Gasteiger partial charge in [0.15, 0.2) is 6.61 Å². The van der Waals surface area contributed by atoms with Gasteiger partial charge in [-0.2, -0.15) is 0 Å². The molecule has 0 aliphatic rings. The Kier molecular flexibility index (Phi) is 12.7. The van der Waals surface area contributed by atoms with Crippen molar-refractivity contribution in [3.8, 4) is 5.75 Å². The third-order valence-corrected chi connectivity index (χ3v) is 8.07. The van der Waals surface area contributed by atoms with E-state index in [0.717, 1.165) is 11.3 Å². The van der Waals surface area contributed by atoms with E-state index < -0.39 is 42.8 Å². The Bertz CT molecular complexity index is 1830. The predicted octanol–water partition coefficient (Wildman–Crippen LogP) is 5.13. The molecule has 4 rings (SSSR count). The highest BCUT2D eigenvalue weighted by Crippen LogP contribution is 2.29. The minimum atomic E-state index is -0.678. The van der Waals surface area contributed by atoms with Crippen molar-refractivity contribution in [2.24, 2.45) is 0 Å². The van der Waals surface area contributed by atoms with Crippen LogP contribution in [0.3, 0.4) is 0 Å². The minimum absolute atomic E-state index is 0.198. The number of aryl methyl sites for hydroxylation is 1. The molecule has 5 amide bonds. The summed E-state index contributed by atoms with van der Waals surface area (Å²) in [5.74, 6) is -2.11. The van der Waals surface area contributed by atoms with E-state index in [1.807, 2.05) is 37.3 Å². The summed E-state index contributed by atoms with van der Waals surface area (Å²) in [7, 11) is 4.56. The van der Waals surface area contributed by atoms with Gasteiger partial charge in [0, 0.05) is 31.2 Å². The number of hydrogen-bond acceptors (Lipinski definition) is 7.